The fraction of sp³-hybridized carbons (Fsp3) is 0.588. The Kier molecular flexibility index (Phi) is 7.03. The lowest BCUT2D eigenvalue weighted by molar-refractivity contribution is 0.0697. The molecule has 0 saturated carbocycles. The molecule has 0 atom stereocenters. The van der Waals surface area contributed by atoms with Gasteiger partial charge in [-0.1, -0.05) is 39.3 Å². The van der Waals surface area contributed by atoms with Gasteiger partial charge in [-0.15, -0.1) is 0 Å². The molecule has 1 N–H and O–H groups in total. The minimum Gasteiger partial charge on any atom is -0.478 e. The van der Waals surface area contributed by atoms with Crippen LogP contribution in [-0.4, -0.2) is 24.2 Å². The number of benzene rings is 1. The lowest BCUT2D eigenvalue weighted by Crippen LogP contribution is -2.29. The first-order chi connectivity index (χ1) is 9.81. The molecular weight excluding hydrogens is 286 g/mol. The molecule has 0 spiro atoms. The summed E-state index contributed by atoms with van der Waals surface area (Å²) in [6.07, 6.45) is 2.08. The first-order valence-electron chi connectivity index (χ1n) is 7.59. The number of hydrogen-bond donors (Lipinski definition) is 1. The highest BCUT2D eigenvalue weighted by Crippen LogP contribution is 2.26. The Morgan fingerprint density at radius 2 is 1.67 bits per heavy atom. The van der Waals surface area contributed by atoms with Crippen LogP contribution >= 0.6 is 11.6 Å². The second-order valence-corrected chi connectivity index (χ2v) is 6.76. The van der Waals surface area contributed by atoms with Crippen molar-refractivity contribution in [3.05, 3.63) is 28.8 Å². The van der Waals surface area contributed by atoms with E-state index >= 15 is 0 Å². The highest BCUT2D eigenvalue weighted by Gasteiger charge is 2.17. The van der Waals surface area contributed by atoms with E-state index in [0.717, 1.165) is 31.6 Å². The first-order valence-corrected chi connectivity index (χ1v) is 7.96. The van der Waals surface area contributed by atoms with Gasteiger partial charge < -0.3 is 10.0 Å². The number of aromatic carboxylic acids is 1. The van der Waals surface area contributed by atoms with Crippen LogP contribution in [-0.2, 0) is 0 Å². The molecule has 0 aliphatic heterocycles. The van der Waals surface area contributed by atoms with Gasteiger partial charge in [-0.3, -0.25) is 0 Å². The van der Waals surface area contributed by atoms with Crippen molar-refractivity contribution in [3.8, 4) is 0 Å². The molecule has 0 saturated heterocycles. The summed E-state index contributed by atoms with van der Waals surface area (Å²) in [6.45, 7) is 10.5. The maximum atomic E-state index is 11.5. The summed E-state index contributed by atoms with van der Waals surface area (Å²) in [5, 5.41) is 9.87. The zero-order valence-corrected chi connectivity index (χ0v) is 14.2. The molecule has 0 amide bonds. The average molecular weight is 312 g/mol. The summed E-state index contributed by atoms with van der Waals surface area (Å²) < 4.78 is 0. The largest absolute Gasteiger partial charge is 0.478 e. The van der Waals surface area contributed by atoms with Gasteiger partial charge in [0.25, 0.3) is 0 Å². The number of nitrogens with zero attached hydrogens (tertiary/aromatic N) is 1. The Labute approximate surface area is 132 Å². The summed E-state index contributed by atoms with van der Waals surface area (Å²) >= 11 is 5.94. The smallest absolute Gasteiger partial charge is 0.337 e. The number of anilines is 1. The third-order valence-corrected chi connectivity index (χ3v) is 3.72. The highest BCUT2D eigenvalue weighted by molar-refractivity contribution is 6.31. The second kappa shape index (κ2) is 8.28. The topological polar surface area (TPSA) is 40.5 Å². The van der Waals surface area contributed by atoms with Gasteiger partial charge in [0.05, 0.1) is 11.3 Å². The van der Waals surface area contributed by atoms with Crippen molar-refractivity contribution in [2.75, 3.05) is 18.0 Å². The van der Waals surface area contributed by atoms with Crippen LogP contribution in [0.4, 0.5) is 5.69 Å². The molecule has 1 aromatic rings. The van der Waals surface area contributed by atoms with E-state index in [1.165, 1.54) is 6.07 Å². The maximum Gasteiger partial charge on any atom is 0.337 e. The van der Waals surface area contributed by atoms with Crippen LogP contribution in [0.2, 0.25) is 5.02 Å². The molecule has 4 heteroatoms. The Hall–Kier alpha value is -1.22. The van der Waals surface area contributed by atoms with Crippen LogP contribution in [0.5, 0.6) is 0 Å². The van der Waals surface area contributed by atoms with Gasteiger partial charge in [0, 0.05) is 18.1 Å². The fourth-order valence-electron chi connectivity index (χ4n) is 2.14. The Bertz CT molecular complexity index is 460. The predicted octanol–water partition coefficient (Wildman–Crippen LogP) is 4.94. The van der Waals surface area contributed by atoms with E-state index in [9.17, 15) is 9.90 Å². The Balaban J connectivity index is 3.02. The number of carbonyl (C=O) groups is 1. The molecular formula is C17H26ClNO2. The standard InChI is InChI=1S/C17H26ClNO2/c1-12(2)7-9-19(10-8-13(3)4)16-6-5-14(18)11-15(16)17(20)21/h5-6,11-13H,7-10H2,1-4H3,(H,20,21). The molecule has 1 rings (SSSR count). The summed E-state index contributed by atoms with van der Waals surface area (Å²) in [5.74, 6) is 0.255. The van der Waals surface area contributed by atoms with Crippen LogP contribution in [0.25, 0.3) is 0 Å². The minimum absolute atomic E-state index is 0.287. The molecule has 118 valence electrons. The van der Waals surface area contributed by atoms with E-state index in [2.05, 4.69) is 32.6 Å². The SMILES string of the molecule is CC(C)CCN(CCC(C)C)c1ccc(Cl)cc1C(=O)O. The van der Waals surface area contributed by atoms with Crippen LogP contribution in [0.3, 0.4) is 0 Å². The monoisotopic (exact) mass is 311 g/mol. The van der Waals surface area contributed by atoms with E-state index in [1.807, 2.05) is 6.07 Å². The van der Waals surface area contributed by atoms with Crippen molar-refractivity contribution in [2.24, 2.45) is 11.8 Å². The Morgan fingerprint density at radius 3 is 2.10 bits per heavy atom. The van der Waals surface area contributed by atoms with Crippen molar-refractivity contribution in [1.82, 2.24) is 0 Å². The quantitative estimate of drug-likeness (QED) is 0.739. The van der Waals surface area contributed by atoms with Crippen molar-refractivity contribution in [2.45, 2.75) is 40.5 Å². The summed E-state index contributed by atoms with van der Waals surface area (Å²) in [4.78, 5) is 13.6. The summed E-state index contributed by atoms with van der Waals surface area (Å²) in [5.41, 5.74) is 1.06. The summed E-state index contributed by atoms with van der Waals surface area (Å²) in [6, 6.07) is 5.13. The zero-order valence-electron chi connectivity index (χ0n) is 13.4. The number of rotatable bonds is 8. The molecule has 0 fully saturated rings. The van der Waals surface area contributed by atoms with Gasteiger partial charge in [0.1, 0.15) is 0 Å². The van der Waals surface area contributed by atoms with E-state index < -0.39 is 5.97 Å². The number of halogens is 1. The van der Waals surface area contributed by atoms with Crippen LogP contribution in [0, 0.1) is 11.8 Å². The van der Waals surface area contributed by atoms with Gasteiger partial charge in [-0.05, 0) is 42.9 Å². The van der Waals surface area contributed by atoms with E-state index in [-0.39, 0.29) is 5.56 Å². The second-order valence-electron chi connectivity index (χ2n) is 6.32. The van der Waals surface area contributed by atoms with Crippen molar-refractivity contribution in [3.63, 3.8) is 0 Å². The van der Waals surface area contributed by atoms with E-state index in [4.69, 9.17) is 11.6 Å². The highest BCUT2D eigenvalue weighted by atomic mass is 35.5. The van der Waals surface area contributed by atoms with Gasteiger partial charge in [-0.2, -0.15) is 0 Å². The third kappa shape index (κ3) is 5.96. The van der Waals surface area contributed by atoms with Gasteiger partial charge in [0.15, 0.2) is 0 Å². The zero-order chi connectivity index (χ0) is 16.0. The molecule has 0 aromatic heterocycles. The number of hydrogen-bond acceptors (Lipinski definition) is 2. The fourth-order valence-corrected chi connectivity index (χ4v) is 2.31. The van der Waals surface area contributed by atoms with Gasteiger partial charge in [0.2, 0.25) is 0 Å². The normalized spacial score (nSPS) is 11.2. The molecule has 0 heterocycles. The Morgan fingerprint density at radius 1 is 1.14 bits per heavy atom. The van der Waals surface area contributed by atoms with E-state index in [1.54, 1.807) is 6.07 Å². The number of carboxylic acids is 1. The average Bonchev–Trinajstić information content (AvgIpc) is 2.38. The van der Waals surface area contributed by atoms with Crippen molar-refractivity contribution in [1.29, 1.82) is 0 Å². The number of carboxylic acid groups (broad SMARTS) is 1. The van der Waals surface area contributed by atoms with Crippen LogP contribution in [0.1, 0.15) is 50.9 Å². The summed E-state index contributed by atoms with van der Waals surface area (Å²) in [7, 11) is 0. The molecule has 0 aliphatic rings. The lowest BCUT2D eigenvalue weighted by Gasteiger charge is -2.28. The molecule has 0 radical (unpaired) electrons. The molecule has 0 bridgehead atoms. The first kappa shape index (κ1) is 17.8. The predicted molar refractivity (Wildman–Crippen MR) is 89.5 cm³/mol. The molecule has 0 aliphatic carbocycles. The molecule has 0 unspecified atom stereocenters. The molecule has 1 aromatic carbocycles. The van der Waals surface area contributed by atoms with Crippen molar-refractivity contribution >= 4 is 23.3 Å². The minimum atomic E-state index is -0.924. The molecule has 3 nitrogen and oxygen atoms in total. The van der Waals surface area contributed by atoms with Gasteiger partial charge in [-0.25, -0.2) is 4.79 Å². The third-order valence-electron chi connectivity index (χ3n) is 3.48. The van der Waals surface area contributed by atoms with Crippen molar-refractivity contribution < 1.29 is 9.90 Å². The van der Waals surface area contributed by atoms with E-state index in [0.29, 0.717) is 16.9 Å². The van der Waals surface area contributed by atoms with Crippen LogP contribution < -0.4 is 4.90 Å². The van der Waals surface area contributed by atoms with Crippen LogP contribution in [0.15, 0.2) is 18.2 Å². The maximum absolute atomic E-state index is 11.5. The lowest BCUT2D eigenvalue weighted by atomic mass is 10.1. The van der Waals surface area contributed by atoms with Gasteiger partial charge >= 0.3 is 5.97 Å². The molecule has 21 heavy (non-hydrogen) atoms.